The zero-order valence-electron chi connectivity index (χ0n) is 16.5. The van der Waals surface area contributed by atoms with Crippen LogP contribution in [0.4, 0.5) is 10.3 Å². The molecule has 7 nitrogen and oxygen atoms in total. The highest BCUT2D eigenvalue weighted by Crippen LogP contribution is 2.30. The van der Waals surface area contributed by atoms with Crippen LogP contribution in [0.15, 0.2) is 72.8 Å². The Bertz CT molecular complexity index is 1170. The Morgan fingerprint density at radius 1 is 0.935 bits per heavy atom. The molecule has 158 valence electrons. The number of hydrogen-bond donors (Lipinski definition) is 3. The average molecular weight is 420 g/mol. The highest BCUT2D eigenvalue weighted by Gasteiger charge is 2.15. The molecule has 0 saturated heterocycles. The number of aromatic nitrogens is 2. The molecule has 0 amide bonds. The van der Waals surface area contributed by atoms with Gasteiger partial charge in [0.05, 0.1) is 30.5 Å². The second-order valence-corrected chi connectivity index (χ2v) is 6.96. The largest absolute Gasteiger partial charge is 0.457 e. The molecule has 0 aliphatic heterocycles. The van der Waals surface area contributed by atoms with Crippen molar-refractivity contribution in [3.63, 3.8) is 0 Å². The van der Waals surface area contributed by atoms with Crippen LogP contribution < -0.4 is 15.6 Å². The number of hydrazine groups is 1. The van der Waals surface area contributed by atoms with Gasteiger partial charge in [-0.25, -0.2) is 20.2 Å². The van der Waals surface area contributed by atoms with Gasteiger partial charge in [-0.15, -0.1) is 0 Å². The van der Waals surface area contributed by atoms with Crippen molar-refractivity contribution in [2.75, 3.05) is 18.2 Å². The molecule has 0 spiro atoms. The van der Waals surface area contributed by atoms with Crippen LogP contribution in [0.2, 0.25) is 0 Å². The van der Waals surface area contributed by atoms with Gasteiger partial charge in [0.1, 0.15) is 17.3 Å². The molecule has 4 aromatic rings. The zero-order valence-corrected chi connectivity index (χ0v) is 16.5. The molecule has 4 N–H and O–H groups in total. The number of hydrogen-bond acceptors (Lipinski definition) is 7. The first-order valence-corrected chi connectivity index (χ1v) is 9.65. The third kappa shape index (κ3) is 4.77. The molecule has 4 rings (SSSR count). The summed E-state index contributed by atoms with van der Waals surface area (Å²) in [5, 5.41) is 20.8. The normalized spacial score (nSPS) is 12.0. The molecule has 0 unspecified atom stereocenters. The van der Waals surface area contributed by atoms with Gasteiger partial charge in [-0.1, -0.05) is 18.2 Å². The molecule has 31 heavy (non-hydrogen) atoms. The summed E-state index contributed by atoms with van der Waals surface area (Å²) < 4.78 is 18.8. The summed E-state index contributed by atoms with van der Waals surface area (Å²) in [6, 6.07) is 20.6. The molecular weight excluding hydrogens is 399 g/mol. The second kappa shape index (κ2) is 9.05. The van der Waals surface area contributed by atoms with Crippen molar-refractivity contribution in [1.29, 1.82) is 0 Å². The van der Waals surface area contributed by atoms with Crippen molar-refractivity contribution in [3.05, 3.63) is 78.6 Å². The Labute approximate surface area is 178 Å². The summed E-state index contributed by atoms with van der Waals surface area (Å²) >= 11 is 0. The molecule has 8 heteroatoms. The zero-order chi connectivity index (χ0) is 21.8. The van der Waals surface area contributed by atoms with Crippen LogP contribution in [0.5, 0.6) is 11.5 Å². The maximum atomic E-state index is 13.1. The number of nitrogens with two attached hydrogens (primary N) is 1. The van der Waals surface area contributed by atoms with Gasteiger partial charge in [-0.2, -0.15) is 0 Å². The van der Waals surface area contributed by atoms with E-state index in [0.29, 0.717) is 22.7 Å². The topological polar surface area (TPSA) is 105 Å². The predicted molar refractivity (Wildman–Crippen MR) is 116 cm³/mol. The van der Waals surface area contributed by atoms with E-state index in [9.17, 15) is 9.50 Å². The summed E-state index contributed by atoms with van der Waals surface area (Å²) in [5.41, 5.74) is 2.19. The Balaban J connectivity index is 1.66. The van der Waals surface area contributed by atoms with Gasteiger partial charge in [0.25, 0.3) is 0 Å². The Morgan fingerprint density at radius 3 is 2.26 bits per heavy atom. The Hall–Kier alpha value is -3.59. The van der Waals surface area contributed by atoms with Crippen LogP contribution in [0.3, 0.4) is 0 Å². The number of para-hydroxylation sites is 1. The lowest BCUT2D eigenvalue weighted by Crippen LogP contribution is -2.40. The number of benzene rings is 3. The van der Waals surface area contributed by atoms with E-state index in [2.05, 4.69) is 9.97 Å². The Kier molecular flexibility index (Phi) is 6.03. The fourth-order valence-electron chi connectivity index (χ4n) is 3.10. The molecule has 1 atom stereocenters. The first-order chi connectivity index (χ1) is 15.0. The number of rotatable bonds is 7. The minimum Gasteiger partial charge on any atom is -0.457 e. The molecule has 1 heterocycles. The molecule has 0 aliphatic rings. The predicted octanol–water partition coefficient (Wildman–Crippen LogP) is 3.26. The standard InChI is InChI=1S/C23H21FN4O3/c24-16-7-11-19(12-8-16)31-18-9-5-15(6-10-18)22-20-3-1-2-4-21(20)26-23(27-22)28(25)13-17(30)14-29/h1-12,17,29-30H,13-14,25H2/t17-/m0/s1. The van der Waals surface area contributed by atoms with Crippen molar-refractivity contribution in [2.24, 2.45) is 5.84 Å². The van der Waals surface area contributed by atoms with Crippen LogP contribution in [0.25, 0.3) is 22.2 Å². The smallest absolute Gasteiger partial charge is 0.241 e. The van der Waals surface area contributed by atoms with Crippen molar-refractivity contribution in [3.8, 4) is 22.8 Å². The van der Waals surface area contributed by atoms with Gasteiger partial charge >= 0.3 is 0 Å². The quantitative estimate of drug-likeness (QED) is 0.311. The van der Waals surface area contributed by atoms with E-state index in [1.807, 2.05) is 36.4 Å². The highest BCUT2D eigenvalue weighted by atomic mass is 19.1. The van der Waals surface area contributed by atoms with E-state index in [-0.39, 0.29) is 18.3 Å². The van der Waals surface area contributed by atoms with Gasteiger partial charge in [0.2, 0.25) is 5.95 Å². The van der Waals surface area contributed by atoms with E-state index < -0.39 is 12.7 Å². The van der Waals surface area contributed by atoms with Crippen LogP contribution in [0.1, 0.15) is 0 Å². The molecule has 0 saturated carbocycles. The lowest BCUT2D eigenvalue weighted by Gasteiger charge is -2.20. The monoisotopic (exact) mass is 420 g/mol. The molecule has 3 aromatic carbocycles. The van der Waals surface area contributed by atoms with E-state index in [0.717, 1.165) is 10.9 Å². The van der Waals surface area contributed by atoms with Crippen LogP contribution in [-0.2, 0) is 0 Å². The third-order valence-electron chi connectivity index (χ3n) is 4.64. The van der Waals surface area contributed by atoms with E-state index in [1.165, 1.54) is 17.1 Å². The number of nitrogens with zero attached hydrogens (tertiary/aromatic N) is 3. The maximum absolute atomic E-state index is 13.1. The fourth-order valence-corrected chi connectivity index (χ4v) is 3.10. The van der Waals surface area contributed by atoms with E-state index in [4.69, 9.17) is 15.7 Å². The number of anilines is 1. The fraction of sp³-hybridized carbons (Fsp3) is 0.130. The molecule has 1 aromatic heterocycles. The van der Waals surface area contributed by atoms with Crippen molar-refractivity contribution >= 4 is 16.9 Å². The van der Waals surface area contributed by atoms with Crippen LogP contribution in [-0.4, -0.2) is 39.4 Å². The number of ether oxygens (including phenoxy) is 1. The third-order valence-corrected chi connectivity index (χ3v) is 4.64. The lowest BCUT2D eigenvalue weighted by molar-refractivity contribution is 0.0996. The summed E-state index contributed by atoms with van der Waals surface area (Å²) in [7, 11) is 0. The van der Waals surface area contributed by atoms with E-state index >= 15 is 0 Å². The highest BCUT2D eigenvalue weighted by molar-refractivity contribution is 5.93. The number of aliphatic hydroxyl groups excluding tert-OH is 2. The molecule has 0 aliphatic carbocycles. The SMILES string of the molecule is NN(C[C@H](O)CO)c1nc(-c2ccc(Oc3ccc(F)cc3)cc2)c2ccccc2n1. The van der Waals surface area contributed by atoms with Crippen molar-refractivity contribution in [2.45, 2.75) is 6.10 Å². The summed E-state index contributed by atoms with van der Waals surface area (Å²) in [6.07, 6.45) is -1.01. The van der Waals surface area contributed by atoms with Gasteiger partial charge < -0.3 is 14.9 Å². The maximum Gasteiger partial charge on any atom is 0.241 e. The summed E-state index contributed by atoms with van der Waals surface area (Å²) in [6.45, 7) is -0.428. The molecule has 0 bridgehead atoms. The van der Waals surface area contributed by atoms with Crippen molar-refractivity contribution in [1.82, 2.24) is 9.97 Å². The number of aliphatic hydroxyl groups is 2. The summed E-state index contributed by atoms with van der Waals surface area (Å²) in [5.74, 6) is 7.06. The molecular formula is C23H21FN4O3. The first-order valence-electron chi connectivity index (χ1n) is 9.65. The van der Waals surface area contributed by atoms with Gasteiger partial charge in [-0.05, 0) is 54.6 Å². The van der Waals surface area contributed by atoms with Crippen molar-refractivity contribution < 1.29 is 19.3 Å². The number of halogens is 1. The second-order valence-electron chi connectivity index (χ2n) is 6.96. The minimum absolute atomic E-state index is 0.0152. The van der Waals surface area contributed by atoms with Gasteiger partial charge in [-0.3, -0.25) is 5.01 Å². The summed E-state index contributed by atoms with van der Waals surface area (Å²) in [4.78, 5) is 9.07. The number of fused-ring (bicyclic) bond motifs is 1. The minimum atomic E-state index is -1.01. The van der Waals surface area contributed by atoms with Crippen LogP contribution in [0, 0.1) is 5.82 Å². The van der Waals surface area contributed by atoms with Gasteiger partial charge in [0.15, 0.2) is 0 Å². The average Bonchev–Trinajstić information content (AvgIpc) is 2.80. The van der Waals surface area contributed by atoms with E-state index in [1.54, 1.807) is 24.3 Å². The first kappa shape index (κ1) is 20.7. The lowest BCUT2D eigenvalue weighted by atomic mass is 10.1. The molecule has 0 radical (unpaired) electrons. The Morgan fingerprint density at radius 2 is 1.58 bits per heavy atom. The molecule has 0 fully saturated rings. The van der Waals surface area contributed by atoms with Crippen LogP contribution >= 0.6 is 0 Å². The van der Waals surface area contributed by atoms with Gasteiger partial charge in [0, 0.05) is 10.9 Å².